The maximum Gasteiger partial charge on any atom is 0.412 e. The highest BCUT2D eigenvalue weighted by atomic mass is 35.5. The Balaban J connectivity index is 2.97. The summed E-state index contributed by atoms with van der Waals surface area (Å²) >= 11 is 5.76. The molecule has 0 saturated heterocycles. The second kappa shape index (κ2) is 5.61. The maximum absolute atomic E-state index is 13.5. The van der Waals surface area contributed by atoms with Crippen LogP contribution in [0.15, 0.2) is 6.07 Å². The number of halogens is 2. The van der Waals surface area contributed by atoms with Gasteiger partial charge in [0.25, 0.3) is 0 Å². The van der Waals surface area contributed by atoms with E-state index >= 15 is 0 Å². The summed E-state index contributed by atoms with van der Waals surface area (Å²) in [6.07, 6.45) is -0.704. The van der Waals surface area contributed by atoms with Crippen molar-refractivity contribution in [2.75, 3.05) is 24.3 Å². The molecule has 1 amide bonds. The molecule has 0 radical (unpaired) electrons. The number of hydrogen-bond acceptors (Lipinski definition) is 4. The Kier molecular flexibility index (Phi) is 4.57. The van der Waals surface area contributed by atoms with Crippen molar-refractivity contribution in [1.29, 1.82) is 0 Å². The topological polar surface area (TPSA) is 54.5 Å². The van der Waals surface area contributed by atoms with E-state index in [1.807, 2.05) is 0 Å². The lowest BCUT2D eigenvalue weighted by Gasteiger charge is -2.20. The predicted molar refractivity (Wildman–Crippen MR) is 73.4 cm³/mol. The van der Waals surface area contributed by atoms with Crippen molar-refractivity contribution in [3.05, 3.63) is 17.0 Å². The van der Waals surface area contributed by atoms with Crippen LogP contribution in [0.3, 0.4) is 0 Å². The van der Waals surface area contributed by atoms with Crippen molar-refractivity contribution in [2.45, 2.75) is 26.4 Å². The molecule has 0 aliphatic carbocycles. The smallest absolute Gasteiger partial charge is 0.412 e. The monoisotopic (exact) mass is 289 g/mol. The van der Waals surface area contributed by atoms with Crippen molar-refractivity contribution < 1.29 is 13.9 Å². The number of nitrogens with zero attached hydrogens (tertiary/aromatic N) is 2. The Morgan fingerprint density at radius 3 is 2.53 bits per heavy atom. The Morgan fingerprint density at radius 2 is 2.05 bits per heavy atom. The second-order valence-corrected chi connectivity index (χ2v) is 5.53. The predicted octanol–water partition coefficient (Wildman–Crippen LogP) is 3.29. The average Bonchev–Trinajstić information content (AvgIpc) is 2.21. The highest BCUT2D eigenvalue weighted by molar-refractivity contribution is 6.33. The van der Waals surface area contributed by atoms with Crippen LogP contribution in [0, 0.1) is 5.95 Å². The van der Waals surface area contributed by atoms with Crippen molar-refractivity contribution in [1.82, 2.24) is 4.98 Å². The molecule has 0 aliphatic rings. The van der Waals surface area contributed by atoms with E-state index in [9.17, 15) is 9.18 Å². The molecule has 1 heterocycles. The van der Waals surface area contributed by atoms with Gasteiger partial charge in [0.05, 0.1) is 5.69 Å². The van der Waals surface area contributed by atoms with E-state index in [2.05, 4.69) is 10.3 Å². The van der Waals surface area contributed by atoms with Gasteiger partial charge in [-0.2, -0.15) is 4.39 Å². The molecule has 1 aromatic heterocycles. The van der Waals surface area contributed by atoms with Gasteiger partial charge in [0.15, 0.2) is 0 Å². The first kappa shape index (κ1) is 15.5. The lowest BCUT2D eigenvalue weighted by Crippen LogP contribution is -2.27. The summed E-state index contributed by atoms with van der Waals surface area (Å²) in [5.41, 5.74) is -0.529. The number of aromatic nitrogens is 1. The van der Waals surface area contributed by atoms with E-state index in [4.69, 9.17) is 16.3 Å². The average molecular weight is 290 g/mol. The Labute approximate surface area is 116 Å². The molecule has 0 fully saturated rings. The van der Waals surface area contributed by atoms with Gasteiger partial charge in [-0.25, -0.2) is 9.78 Å². The molecule has 0 aromatic carbocycles. The van der Waals surface area contributed by atoms with E-state index in [0.717, 1.165) is 0 Å². The van der Waals surface area contributed by atoms with E-state index in [0.29, 0.717) is 5.82 Å². The first-order valence-corrected chi connectivity index (χ1v) is 6.01. The molecule has 1 rings (SSSR count). The zero-order valence-electron chi connectivity index (χ0n) is 11.5. The number of carbonyl (C=O) groups is 1. The van der Waals surface area contributed by atoms with Crippen molar-refractivity contribution in [2.24, 2.45) is 0 Å². The van der Waals surface area contributed by atoms with Gasteiger partial charge in [0.2, 0.25) is 5.95 Å². The molecule has 0 aliphatic heterocycles. The van der Waals surface area contributed by atoms with E-state index < -0.39 is 17.6 Å². The van der Waals surface area contributed by atoms with Crippen LogP contribution >= 0.6 is 11.6 Å². The molecular formula is C12H17ClFN3O2. The minimum absolute atomic E-state index is 0.118. The van der Waals surface area contributed by atoms with Gasteiger partial charge in [0.1, 0.15) is 16.4 Å². The molecule has 1 aromatic rings. The number of rotatable bonds is 2. The van der Waals surface area contributed by atoms with Crippen LogP contribution in [0.4, 0.5) is 20.7 Å². The number of anilines is 2. The van der Waals surface area contributed by atoms with Gasteiger partial charge in [-0.3, -0.25) is 5.32 Å². The third kappa shape index (κ3) is 4.55. The molecule has 5 nitrogen and oxygen atoms in total. The molecule has 106 valence electrons. The zero-order valence-corrected chi connectivity index (χ0v) is 12.3. The molecule has 7 heteroatoms. The fourth-order valence-electron chi connectivity index (χ4n) is 1.22. The molecule has 0 saturated carbocycles. The molecular weight excluding hydrogens is 273 g/mol. The van der Waals surface area contributed by atoms with Crippen LogP contribution in [0.25, 0.3) is 0 Å². The maximum atomic E-state index is 13.5. The minimum Gasteiger partial charge on any atom is -0.444 e. The lowest BCUT2D eigenvalue weighted by atomic mass is 10.2. The van der Waals surface area contributed by atoms with Crippen LogP contribution in [-0.2, 0) is 4.74 Å². The molecule has 19 heavy (non-hydrogen) atoms. The Morgan fingerprint density at radius 1 is 1.47 bits per heavy atom. The Bertz CT molecular complexity index is 487. The number of amides is 1. The van der Waals surface area contributed by atoms with Gasteiger partial charge in [0, 0.05) is 20.2 Å². The summed E-state index contributed by atoms with van der Waals surface area (Å²) in [6, 6.07) is 1.47. The van der Waals surface area contributed by atoms with Crippen LogP contribution in [0.1, 0.15) is 20.8 Å². The van der Waals surface area contributed by atoms with E-state index in [1.165, 1.54) is 6.07 Å². The standard InChI is InChI=1S/C12H17ClFN3O2/c1-12(2,3)19-11(18)15-7-6-8(17(4)5)16-10(14)9(7)13/h6H,1-5H3,(H,15,16,18). The minimum atomic E-state index is -0.848. The number of nitrogens with one attached hydrogen (secondary N) is 1. The lowest BCUT2D eigenvalue weighted by molar-refractivity contribution is 0.0636. The summed E-state index contributed by atoms with van der Waals surface area (Å²) in [6.45, 7) is 5.19. The van der Waals surface area contributed by atoms with Gasteiger partial charge in [-0.05, 0) is 20.8 Å². The highest BCUT2D eigenvalue weighted by Crippen LogP contribution is 2.28. The summed E-state index contributed by atoms with van der Waals surface area (Å²) in [4.78, 5) is 16.9. The van der Waals surface area contributed by atoms with Crippen LogP contribution in [0.2, 0.25) is 5.02 Å². The zero-order chi connectivity index (χ0) is 14.8. The van der Waals surface area contributed by atoms with Crippen LogP contribution in [0.5, 0.6) is 0 Å². The van der Waals surface area contributed by atoms with Crippen molar-refractivity contribution in [3.63, 3.8) is 0 Å². The highest BCUT2D eigenvalue weighted by Gasteiger charge is 2.19. The quantitative estimate of drug-likeness (QED) is 0.849. The molecule has 1 N–H and O–H groups in total. The fraction of sp³-hybridized carbons (Fsp3) is 0.500. The fourth-order valence-corrected chi connectivity index (χ4v) is 1.36. The SMILES string of the molecule is CN(C)c1cc(NC(=O)OC(C)(C)C)c(Cl)c(F)n1. The van der Waals surface area contributed by atoms with Gasteiger partial charge in [-0.15, -0.1) is 0 Å². The molecule has 0 bridgehead atoms. The number of ether oxygens (including phenoxy) is 1. The Hall–Kier alpha value is -1.56. The molecule has 0 unspecified atom stereocenters. The summed E-state index contributed by atoms with van der Waals surface area (Å²) in [7, 11) is 3.40. The van der Waals surface area contributed by atoms with Gasteiger partial charge >= 0.3 is 6.09 Å². The summed E-state index contributed by atoms with van der Waals surface area (Å²) < 4.78 is 18.6. The van der Waals surface area contributed by atoms with Crippen molar-refractivity contribution in [3.8, 4) is 0 Å². The van der Waals surface area contributed by atoms with E-state index in [-0.39, 0.29) is 10.7 Å². The molecule has 0 atom stereocenters. The number of hydrogen-bond donors (Lipinski definition) is 1. The first-order chi connectivity index (χ1) is 8.60. The summed E-state index contributed by atoms with van der Waals surface area (Å²) in [5, 5.41) is 2.15. The van der Waals surface area contributed by atoms with Crippen LogP contribution < -0.4 is 10.2 Å². The largest absolute Gasteiger partial charge is 0.444 e. The normalized spacial score (nSPS) is 11.1. The van der Waals surface area contributed by atoms with Gasteiger partial charge in [-0.1, -0.05) is 11.6 Å². The number of carbonyl (C=O) groups excluding carboxylic acids is 1. The van der Waals surface area contributed by atoms with Gasteiger partial charge < -0.3 is 9.64 Å². The first-order valence-electron chi connectivity index (χ1n) is 5.63. The number of pyridine rings is 1. The third-order valence-electron chi connectivity index (χ3n) is 2.00. The van der Waals surface area contributed by atoms with E-state index in [1.54, 1.807) is 39.8 Å². The third-order valence-corrected chi connectivity index (χ3v) is 2.36. The summed E-state index contributed by atoms with van der Waals surface area (Å²) in [5.74, 6) is -0.508. The van der Waals surface area contributed by atoms with Crippen molar-refractivity contribution >= 4 is 29.2 Å². The van der Waals surface area contributed by atoms with Crippen LogP contribution in [-0.4, -0.2) is 30.8 Å². The molecule has 0 spiro atoms. The second-order valence-electron chi connectivity index (χ2n) is 5.15.